The third-order valence-electron chi connectivity index (χ3n) is 4.42. The molecule has 0 bridgehead atoms. The summed E-state index contributed by atoms with van der Waals surface area (Å²) in [6.45, 7) is 0.306. The number of rotatable bonds is 5. The van der Waals surface area contributed by atoms with Crippen LogP contribution in [-0.4, -0.2) is 11.9 Å². The molecule has 1 aliphatic rings. The standard InChI is InChI=1S/C23H12Br3Cl2NO3/c24-15-4-2-1-3-14(15)22-29-20(23(30)32-22)10-13-7-16(25)21(17(26)8-13)31-11-12-5-6-18(27)19(28)9-12/h1-10H,11H2/b20-10-. The van der Waals surface area contributed by atoms with Crippen molar-refractivity contribution in [1.82, 2.24) is 0 Å². The zero-order valence-corrected chi connectivity index (χ0v) is 22.3. The Morgan fingerprint density at radius 3 is 2.34 bits per heavy atom. The van der Waals surface area contributed by atoms with Gasteiger partial charge in [0, 0.05) is 4.47 Å². The highest BCUT2D eigenvalue weighted by Gasteiger charge is 2.25. The molecular weight excluding hydrogens is 649 g/mol. The minimum absolute atomic E-state index is 0.207. The van der Waals surface area contributed by atoms with Crippen LogP contribution in [0.1, 0.15) is 16.7 Å². The van der Waals surface area contributed by atoms with Crippen LogP contribution in [0.4, 0.5) is 0 Å². The molecule has 0 atom stereocenters. The molecular formula is C23H12Br3Cl2NO3. The Kier molecular flexibility index (Phi) is 7.42. The molecule has 0 spiro atoms. The van der Waals surface area contributed by atoms with Gasteiger partial charge in [0.1, 0.15) is 12.4 Å². The Labute approximate surface area is 219 Å². The van der Waals surface area contributed by atoms with Gasteiger partial charge in [-0.25, -0.2) is 9.79 Å². The number of esters is 1. The molecule has 162 valence electrons. The number of cyclic esters (lactones) is 1. The number of hydrogen-bond donors (Lipinski definition) is 0. The predicted octanol–water partition coefficient (Wildman–Crippen LogP) is 8.20. The molecule has 1 heterocycles. The number of carbonyl (C=O) groups excluding carboxylic acids is 1. The van der Waals surface area contributed by atoms with Crippen molar-refractivity contribution in [2.24, 2.45) is 4.99 Å². The van der Waals surface area contributed by atoms with Gasteiger partial charge in [-0.3, -0.25) is 0 Å². The van der Waals surface area contributed by atoms with E-state index in [0.29, 0.717) is 36.9 Å². The first-order valence-electron chi connectivity index (χ1n) is 9.15. The van der Waals surface area contributed by atoms with Crippen molar-refractivity contribution < 1.29 is 14.3 Å². The lowest BCUT2D eigenvalue weighted by molar-refractivity contribution is -0.129. The fourth-order valence-electron chi connectivity index (χ4n) is 2.90. The Morgan fingerprint density at radius 1 is 0.938 bits per heavy atom. The number of carbonyl (C=O) groups is 1. The van der Waals surface area contributed by atoms with Gasteiger partial charge in [-0.2, -0.15) is 0 Å². The molecule has 3 aromatic rings. The number of halogens is 5. The number of ether oxygens (including phenoxy) is 2. The second-order valence-corrected chi connectivity index (χ2v) is 10.0. The monoisotopic (exact) mass is 657 g/mol. The van der Waals surface area contributed by atoms with Crippen molar-refractivity contribution in [3.05, 3.63) is 100 Å². The number of hydrogen-bond acceptors (Lipinski definition) is 4. The van der Waals surface area contributed by atoms with Crippen molar-refractivity contribution >= 4 is 88.9 Å². The molecule has 4 nitrogen and oxygen atoms in total. The van der Waals surface area contributed by atoms with Crippen molar-refractivity contribution in [1.29, 1.82) is 0 Å². The lowest BCUT2D eigenvalue weighted by atomic mass is 10.2. The second-order valence-electron chi connectivity index (χ2n) is 6.67. The highest BCUT2D eigenvalue weighted by molar-refractivity contribution is 9.11. The van der Waals surface area contributed by atoms with Crippen LogP contribution >= 0.6 is 71.0 Å². The van der Waals surface area contributed by atoms with E-state index in [1.165, 1.54) is 0 Å². The second kappa shape index (κ2) is 10.1. The highest BCUT2D eigenvalue weighted by atomic mass is 79.9. The first kappa shape index (κ1) is 23.5. The summed E-state index contributed by atoms with van der Waals surface area (Å²) >= 11 is 22.5. The van der Waals surface area contributed by atoms with Crippen molar-refractivity contribution in [3.63, 3.8) is 0 Å². The summed E-state index contributed by atoms with van der Waals surface area (Å²) in [6.07, 6.45) is 1.66. The van der Waals surface area contributed by atoms with Crippen LogP contribution < -0.4 is 4.74 Å². The minimum atomic E-state index is -0.511. The van der Waals surface area contributed by atoms with E-state index < -0.39 is 5.97 Å². The minimum Gasteiger partial charge on any atom is -0.487 e. The molecule has 0 radical (unpaired) electrons. The Balaban J connectivity index is 1.56. The van der Waals surface area contributed by atoms with Gasteiger partial charge < -0.3 is 9.47 Å². The van der Waals surface area contributed by atoms with E-state index in [-0.39, 0.29) is 11.6 Å². The van der Waals surface area contributed by atoms with Crippen molar-refractivity contribution in [3.8, 4) is 5.75 Å². The molecule has 0 amide bonds. The van der Waals surface area contributed by atoms with E-state index in [4.69, 9.17) is 32.7 Å². The molecule has 0 unspecified atom stereocenters. The maximum Gasteiger partial charge on any atom is 0.363 e. The summed E-state index contributed by atoms with van der Waals surface area (Å²) in [7, 11) is 0. The molecule has 0 N–H and O–H groups in total. The zero-order chi connectivity index (χ0) is 22.8. The number of aliphatic imine (C=N–C) groups is 1. The fraction of sp³-hybridized carbons (Fsp3) is 0.0435. The molecule has 0 aliphatic carbocycles. The van der Waals surface area contributed by atoms with Gasteiger partial charge in [-0.1, -0.05) is 41.4 Å². The lowest BCUT2D eigenvalue weighted by Crippen LogP contribution is -2.05. The van der Waals surface area contributed by atoms with E-state index in [2.05, 4.69) is 52.8 Å². The van der Waals surface area contributed by atoms with Gasteiger partial charge in [0.15, 0.2) is 5.70 Å². The average molecular weight is 661 g/mol. The molecule has 9 heteroatoms. The quantitative estimate of drug-likeness (QED) is 0.205. The summed E-state index contributed by atoms with van der Waals surface area (Å²) in [5, 5.41) is 0.963. The van der Waals surface area contributed by atoms with Crippen LogP contribution in [0.25, 0.3) is 6.08 Å². The summed E-state index contributed by atoms with van der Waals surface area (Å²) in [4.78, 5) is 16.7. The average Bonchev–Trinajstić information content (AvgIpc) is 3.10. The third-order valence-corrected chi connectivity index (χ3v) is 7.02. The number of benzene rings is 3. The first-order valence-corrected chi connectivity index (χ1v) is 12.3. The largest absolute Gasteiger partial charge is 0.487 e. The van der Waals surface area contributed by atoms with Gasteiger partial charge in [0.2, 0.25) is 5.90 Å². The molecule has 0 aromatic heterocycles. The Hall–Kier alpha value is -1.64. The van der Waals surface area contributed by atoms with Crippen LogP contribution in [0.3, 0.4) is 0 Å². The van der Waals surface area contributed by atoms with E-state index in [0.717, 1.165) is 15.6 Å². The van der Waals surface area contributed by atoms with Gasteiger partial charge in [0.05, 0.1) is 24.6 Å². The summed E-state index contributed by atoms with van der Waals surface area (Å²) < 4.78 is 13.5. The molecule has 0 fully saturated rings. The zero-order valence-electron chi connectivity index (χ0n) is 16.0. The van der Waals surface area contributed by atoms with Gasteiger partial charge >= 0.3 is 5.97 Å². The SMILES string of the molecule is O=C1OC(c2ccccc2Br)=N/C1=C\c1cc(Br)c(OCc2ccc(Cl)c(Cl)c2)c(Br)c1. The summed E-state index contributed by atoms with van der Waals surface area (Å²) in [5.41, 5.74) is 2.54. The summed E-state index contributed by atoms with van der Waals surface area (Å²) in [6, 6.07) is 16.4. The Bertz CT molecular complexity index is 1270. The molecule has 3 aromatic carbocycles. The maximum atomic E-state index is 12.3. The summed E-state index contributed by atoms with van der Waals surface area (Å²) in [5.74, 6) is 0.362. The molecule has 0 saturated carbocycles. The van der Waals surface area contributed by atoms with E-state index in [1.54, 1.807) is 18.2 Å². The predicted molar refractivity (Wildman–Crippen MR) is 137 cm³/mol. The van der Waals surface area contributed by atoms with E-state index >= 15 is 0 Å². The molecule has 0 saturated heterocycles. The molecule has 1 aliphatic heterocycles. The molecule has 32 heavy (non-hydrogen) atoms. The van der Waals surface area contributed by atoms with E-state index in [1.807, 2.05) is 42.5 Å². The van der Waals surface area contributed by atoms with Crippen LogP contribution in [-0.2, 0) is 16.1 Å². The smallest absolute Gasteiger partial charge is 0.363 e. The topological polar surface area (TPSA) is 47.9 Å². The van der Waals surface area contributed by atoms with Gasteiger partial charge in [-0.05, 0) is 101 Å². The van der Waals surface area contributed by atoms with Crippen LogP contribution in [0.15, 0.2) is 78.7 Å². The van der Waals surface area contributed by atoms with Crippen LogP contribution in [0.5, 0.6) is 5.75 Å². The van der Waals surface area contributed by atoms with Crippen LogP contribution in [0, 0.1) is 0 Å². The number of nitrogens with zero attached hydrogens (tertiary/aromatic N) is 1. The Morgan fingerprint density at radius 2 is 1.66 bits per heavy atom. The fourth-order valence-corrected chi connectivity index (χ4v) is 5.13. The van der Waals surface area contributed by atoms with Crippen molar-refractivity contribution in [2.75, 3.05) is 0 Å². The normalized spacial score (nSPS) is 14.5. The van der Waals surface area contributed by atoms with E-state index in [9.17, 15) is 4.79 Å². The maximum absolute atomic E-state index is 12.3. The third kappa shape index (κ3) is 5.29. The lowest BCUT2D eigenvalue weighted by Gasteiger charge is -2.12. The highest BCUT2D eigenvalue weighted by Crippen LogP contribution is 2.36. The van der Waals surface area contributed by atoms with Gasteiger partial charge in [0.25, 0.3) is 0 Å². The van der Waals surface area contributed by atoms with Crippen molar-refractivity contribution in [2.45, 2.75) is 6.61 Å². The van der Waals surface area contributed by atoms with Gasteiger partial charge in [-0.15, -0.1) is 0 Å². The van der Waals surface area contributed by atoms with Crippen LogP contribution in [0.2, 0.25) is 10.0 Å². The molecule has 4 rings (SSSR count). The first-order chi connectivity index (χ1) is 15.3.